The largest absolute Gasteiger partial charge is 0.489 e. The van der Waals surface area contributed by atoms with Crippen LogP contribution in [0.15, 0.2) is 48.2 Å². The van der Waals surface area contributed by atoms with E-state index < -0.39 is 0 Å². The first-order valence-electron chi connectivity index (χ1n) is 8.56. The molecule has 2 aliphatic rings. The van der Waals surface area contributed by atoms with Crippen LogP contribution in [0.2, 0.25) is 0 Å². The minimum atomic E-state index is 0.485. The molecule has 24 heavy (non-hydrogen) atoms. The Balaban J connectivity index is 1.34. The van der Waals surface area contributed by atoms with Gasteiger partial charge in [-0.15, -0.1) is 5.10 Å². The summed E-state index contributed by atoms with van der Waals surface area (Å²) in [4.78, 5) is 2.36. The van der Waals surface area contributed by atoms with Gasteiger partial charge in [0, 0.05) is 37.4 Å². The summed E-state index contributed by atoms with van der Waals surface area (Å²) in [5.74, 6) is 1.96. The molecule has 0 saturated carbocycles. The topological polar surface area (TPSA) is 50.3 Å². The fourth-order valence-electron chi connectivity index (χ4n) is 3.46. The number of benzene rings is 1. The zero-order valence-corrected chi connectivity index (χ0v) is 13.7. The van der Waals surface area contributed by atoms with Gasteiger partial charge in [-0.05, 0) is 42.7 Å². The van der Waals surface area contributed by atoms with Gasteiger partial charge in [-0.1, -0.05) is 18.2 Å². The van der Waals surface area contributed by atoms with Crippen molar-refractivity contribution in [1.29, 1.82) is 0 Å². The molecule has 1 aromatic carbocycles. The molecular weight excluding hydrogens is 300 g/mol. The number of ether oxygens (including phenoxy) is 1. The molecule has 0 spiro atoms. The van der Waals surface area contributed by atoms with Crippen molar-refractivity contribution in [3.05, 3.63) is 53.7 Å². The van der Waals surface area contributed by atoms with Crippen LogP contribution in [0.3, 0.4) is 0 Å². The van der Waals surface area contributed by atoms with E-state index >= 15 is 0 Å². The summed E-state index contributed by atoms with van der Waals surface area (Å²) in [6.45, 7) is 3.54. The number of nitrogens with zero attached hydrogens (tertiary/aromatic N) is 3. The summed E-state index contributed by atoms with van der Waals surface area (Å²) in [7, 11) is 0. The average Bonchev–Trinajstić information content (AvgIpc) is 3.11. The quantitative estimate of drug-likeness (QED) is 0.917. The lowest BCUT2D eigenvalue weighted by Crippen LogP contribution is -2.39. The van der Waals surface area contributed by atoms with E-state index in [0.717, 1.165) is 31.2 Å². The third kappa shape index (κ3) is 3.26. The van der Waals surface area contributed by atoms with Gasteiger partial charge in [0.2, 0.25) is 0 Å². The second-order valence-electron chi connectivity index (χ2n) is 6.33. The fraction of sp³-hybridized carbons (Fsp3) is 0.368. The molecule has 5 heteroatoms. The van der Waals surface area contributed by atoms with Crippen molar-refractivity contribution in [2.45, 2.75) is 18.9 Å². The highest BCUT2D eigenvalue weighted by Crippen LogP contribution is 2.26. The summed E-state index contributed by atoms with van der Waals surface area (Å²) >= 11 is 0. The van der Waals surface area contributed by atoms with Crippen LogP contribution < -0.4 is 15.0 Å². The minimum absolute atomic E-state index is 0.485. The molecule has 2 aromatic rings. The first kappa shape index (κ1) is 15.1. The number of hydrogen-bond acceptors (Lipinski definition) is 5. The zero-order chi connectivity index (χ0) is 16.2. The lowest BCUT2D eigenvalue weighted by molar-refractivity contribution is 0.342. The van der Waals surface area contributed by atoms with E-state index in [0.29, 0.717) is 12.6 Å². The third-order valence-electron chi connectivity index (χ3n) is 4.65. The standard InChI is InChI=1S/C19H22N4O/c1-2-7-18-16(5-1)11-15(14-24-18)12-20-13-17-6-4-10-23(17)19-8-3-9-21-22-19/h1-3,5,7-9,11,17,20H,4,6,10,12-14H2. The van der Waals surface area contributed by atoms with Gasteiger partial charge in [0.05, 0.1) is 0 Å². The highest BCUT2D eigenvalue weighted by molar-refractivity contribution is 5.62. The number of anilines is 1. The second kappa shape index (κ2) is 7.01. The molecule has 2 aliphatic heterocycles. The lowest BCUT2D eigenvalue weighted by atomic mass is 10.1. The van der Waals surface area contributed by atoms with Crippen molar-refractivity contribution >= 4 is 11.9 Å². The van der Waals surface area contributed by atoms with Crippen LogP contribution in [-0.4, -0.2) is 42.5 Å². The molecule has 0 radical (unpaired) electrons. The van der Waals surface area contributed by atoms with Crippen LogP contribution in [0.5, 0.6) is 5.75 Å². The van der Waals surface area contributed by atoms with Crippen LogP contribution in [0.4, 0.5) is 5.82 Å². The molecular formula is C19H22N4O. The Kier molecular flexibility index (Phi) is 4.42. The molecule has 4 rings (SSSR count). The molecule has 3 heterocycles. The molecule has 0 bridgehead atoms. The number of hydrogen-bond donors (Lipinski definition) is 1. The summed E-state index contributed by atoms with van der Waals surface area (Å²) in [5, 5.41) is 11.8. The predicted octanol–water partition coefficient (Wildman–Crippen LogP) is 2.51. The molecule has 1 N–H and O–H groups in total. The van der Waals surface area contributed by atoms with E-state index in [1.165, 1.54) is 24.0 Å². The smallest absolute Gasteiger partial charge is 0.151 e. The van der Waals surface area contributed by atoms with Crippen molar-refractivity contribution in [2.24, 2.45) is 0 Å². The van der Waals surface area contributed by atoms with Gasteiger partial charge in [-0.2, -0.15) is 5.10 Å². The van der Waals surface area contributed by atoms with E-state index in [4.69, 9.17) is 4.74 Å². The highest BCUT2D eigenvalue weighted by Gasteiger charge is 2.25. The Morgan fingerprint density at radius 2 is 2.17 bits per heavy atom. The van der Waals surface area contributed by atoms with Crippen LogP contribution >= 0.6 is 0 Å². The molecule has 1 unspecified atom stereocenters. The molecule has 1 aromatic heterocycles. The van der Waals surface area contributed by atoms with Gasteiger partial charge < -0.3 is 15.0 Å². The van der Waals surface area contributed by atoms with Crippen LogP contribution in [-0.2, 0) is 0 Å². The Morgan fingerprint density at radius 1 is 1.21 bits per heavy atom. The van der Waals surface area contributed by atoms with E-state index in [1.54, 1.807) is 6.20 Å². The van der Waals surface area contributed by atoms with Gasteiger partial charge in [0.1, 0.15) is 12.4 Å². The Labute approximate surface area is 142 Å². The first-order chi connectivity index (χ1) is 11.9. The normalized spacial score (nSPS) is 19.6. The third-order valence-corrected chi connectivity index (χ3v) is 4.65. The molecule has 124 valence electrons. The summed E-state index contributed by atoms with van der Waals surface area (Å²) in [6, 6.07) is 12.7. The van der Waals surface area contributed by atoms with Gasteiger partial charge in [0.15, 0.2) is 5.82 Å². The first-order valence-corrected chi connectivity index (χ1v) is 8.56. The van der Waals surface area contributed by atoms with E-state index in [1.807, 2.05) is 30.3 Å². The highest BCUT2D eigenvalue weighted by atomic mass is 16.5. The fourth-order valence-corrected chi connectivity index (χ4v) is 3.46. The zero-order valence-electron chi connectivity index (χ0n) is 13.7. The molecule has 1 fully saturated rings. The van der Waals surface area contributed by atoms with Crippen molar-refractivity contribution in [1.82, 2.24) is 15.5 Å². The van der Waals surface area contributed by atoms with E-state index in [-0.39, 0.29) is 0 Å². The van der Waals surface area contributed by atoms with Crippen LogP contribution in [0.25, 0.3) is 6.08 Å². The maximum absolute atomic E-state index is 5.81. The van der Waals surface area contributed by atoms with Crippen molar-refractivity contribution in [3.8, 4) is 5.75 Å². The number of rotatable bonds is 5. The SMILES string of the molecule is C1=C(CNCC2CCCN2c2cccnn2)COc2ccccc21. The molecule has 0 amide bonds. The average molecular weight is 322 g/mol. The number of nitrogens with one attached hydrogen (secondary N) is 1. The second-order valence-corrected chi connectivity index (χ2v) is 6.33. The summed E-state index contributed by atoms with van der Waals surface area (Å²) in [6.07, 6.45) is 6.37. The van der Waals surface area contributed by atoms with Gasteiger partial charge in [0.25, 0.3) is 0 Å². The van der Waals surface area contributed by atoms with Crippen LogP contribution in [0, 0.1) is 0 Å². The summed E-state index contributed by atoms with van der Waals surface area (Å²) in [5.41, 5.74) is 2.46. The van der Waals surface area contributed by atoms with Crippen LogP contribution in [0.1, 0.15) is 18.4 Å². The molecule has 1 saturated heterocycles. The summed E-state index contributed by atoms with van der Waals surface area (Å²) < 4.78 is 5.81. The van der Waals surface area contributed by atoms with Gasteiger partial charge in [-0.3, -0.25) is 0 Å². The van der Waals surface area contributed by atoms with Gasteiger partial charge in [-0.25, -0.2) is 0 Å². The maximum Gasteiger partial charge on any atom is 0.151 e. The predicted molar refractivity (Wildman–Crippen MR) is 95.2 cm³/mol. The Hall–Kier alpha value is -2.40. The lowest BCUT2D eigenvalue weighted by Gasteiger charge is -2.26. The van der Waals surface area contributed by atoms with E-state index in [2.05, 4.69) is 32.6 Å². The maximum atomic E-state index is 5.81. The van der Waals surface area contributed by atoms with Crippen molar-refractivity contribution < 1.29 is 4.74 Å². The Morgan fingerprint density at radius 3 is 3.08 bits per heavy atom. The monoisotopic (exact) mass is 322 g/mol. The number of para-hydroxylation sites is 1. The molecule has 0 aliphatic carbocycles. The number of aromatic nitrogens is 2. The number of fused-ring (bicyclic) bond motifs is 1. The van der Waals surface area contributed by atoms with Gasteiger partial charge >= 0.3 is 0 Å². The molecule has 5 nitrogen and oxygen atoms in total. The minimum Gasteiger partial charge on any atom is -0.489 e. The van der Waals surface area contributed by atoms with E-state index in [9.17, 15) is 0 Å². The van der Waals surface area contributed by atoms with Crippen molar-refractivity contribution in [2.75, 3.05) is 31.1 Å². The Bertz CT molecular complexity index is 716. The molecule has 1 atom stereocenters. The van der Waals surface area contributed by atoms with Crippen molar-refractivity contribution in [3.63, 3.8) is 0 Å².